The number of anilines is 2. The summed E-state index contributed by atoms with van der Waals surface area (Å²) in [6.45, 7) is 5.59. The normalized spacial score (nSPS) is 16.0. The number of likely N-dealkylation sites (tertiary alicyclic amines) is 1. The molecule has 0 unspecified atom stereocenters. The van der Waals surface area contributed by atoms with Crippen LogP contribution in [0.1, 0.15) is 47.2 Å². The summed E-state index contributed by atoms with van der Waals surface area (Å²) in [5.41, 5.74) is 4.59. The molecule has 179 valence electrons. The number of halogens is 1. The average molecular weight is 472 g/mol. The molecule has 2 aliphatic rings. The second-order valence-corrected chi connectivity index (χ2v) is 8.88. The van der Waals surface area contributed by atoms with E-state index in [9.17, 15) is 9.18 Å². The number of rotatable bonds is 6. The van der Waals surface area contributed by atoms with E-state index >= 15 is 0 Å². The molecule has 0 atom stereocenters. The summed E-state index contributed by atoms with van der Waals surface area (Å²) in [6.07, 6.45) is 5.60. The molecule has 1 N–H and O–H groups in total. The summed E-state index contributed by atoms with van der Waals surface area (Å²) in [7, 11) is 1.43. The Labute approximate surface area is 204 Å². The first kappa shape index (κ1) is 23.1. The molecule has 7 heteroatoms. The Morgan fingerprint density at radius 2 is 1.89 bits per heavy atom. The van der Waals surface area contributed by atoms with Crippen LogP contribution in [0.4, 0.5) is 15.9 Å². The Kier molecular flexibility index (Phi) is 6.51. The Morgan fingerprint density at radius 1 is 1.11 bits per heavy atom. The number of piperidine rings is 1. The lowest BCUT2D eigenvalue weighted by atomic mass is 9.89. The highest BCUT2D eigenvalue weighted by Gasteiger charge is 2.23. The summed E-state index contributed by atoms with van der Waals surface area (Å²) in [6, 6.07) is 14.8. The number of amides is 1. The van der Waals surface area contributed by atoms with Crippen molar-refractivity contribution in [3.63, 3.8) is 0 Å². The lowest BCUT2D eigenvalue weighted by Crippen LogP contribution is -2.32. The molecule has 1 saturated heterocycles. The van der Waals surface area contributed by atoms with Crippen molar-refractivity contribution in [2.24, 2.45) is 0 Å². The SMILES string of the molecule is CCN1CCC(c2ccc(Nc3nc(-c4ccc(F)c(OC)c4)cc4c3C(=O)[N]C=C4)cc2)CC1. The van der Waals surface area contributed by atoms with E-state index in [0.717, 1.165) is 25.3 Å². The first-order valence-electron chi connectivity index (χ1n) is 12.0. The fraction of sp³-hybridized carbons (Fsp3) is 0.286. The van der Waals surface area contributed by atoms with Crippen molar-refractivity contribution in [3.05, 3.63) is 77.2 Å². The number of pyridine rings is 1. The van der Waals surface area contributed by atoms with Gasteiger partial charge in [0.25, 0.3) is 5.91 Å². The van der Waals surface area contributed by atoms with Gasteiger partial charge in [0.05, 0.1) is 18.4 Å². The van der Waals surface area contributed by atoms with Gasteiger partial charge in [-0.15, -0.1) is 0 Å². The van der Waals surface area contributed by atoms with Crippen LogP contribution in [-0.2, 0) is 0 Å². The zero-order chi connectivity index (χ0) is 24.4. The minimum absolute atomic E-state index is 0.138. The van der Waals surface area contributed by atoms with Gasteiger partial charge in [0.2, 0.25) is 0 Å². The van der Waals surface area contributed by atoms with Crippen molar-refractivity contribution in [2.45, 2.75) is 25.7 Å². The molecule has 1 radical (unpaired) electrons. The fourth-order valence-corrected chi connectivity index (χ4v) is 4.79. The Hall–Kier alpha value is -3.71. The van der Waals surface area contributed by atoms with E-state index in [1.807, 2.05) is 18.2 Å². The van der Waals surface area contributed by atoms with Gasteiger partial charge in [-0.3, -0.25) is 4.79 Å². The second kappa shape index (κ2) is 9.88. The molecule has 5 rings (SSSR count). The first-order valence-corrected chi connectivity index (χ1v) is 12.0. The fourth-order valence-electron chi connectivity index (χ4n) is 4.79. The lowest BCUT2D eigenvalue weighted by Gasteiger charge is -2.31. The molecule has 3 aromatic rings. The maximum atomic E-state index is 14.0. The number of aromatic nitrogens is 1. The lowest BCUT2D eigenvalue weighted by molar-refractivity contribution is 0.0965. The van der Waals surface area contributed by atoms with Gasteiger partial charge >= 0.3 is 0 Å². The Morgan fingerprint density at radius 3 is 2.60 bits per heavy atom. The molecule has 35 heavy (non-hydrogen) atoms. The standard InChI is InChI=1S/C28H28FN4O2/c1-3-33-14-11-19(12-15-33)18-4-7-22(8-5-18)31-27-26-21(10-13-30-28(26)34)16-24(32-27)20-6-9-23(29)25(17-20)35-2/h4-10,13,16-17,19H,3,11-12,14-15H2,1-2H3,(H,31,32). The molecular weight excluding hydrogens is 443 g/mol. The number of hydrogen-bond acceptors (Lipinski definition) is 5. The van der Waals surface area contributed by atoms with Crippen molar-refractivity contribution in [2.75, 3.05) is 32.1 Å². The second-order valence-electron chi connectivity index (χ2n) is 8.88. The number of methoxy groups -OCH3 is 1. The zero-order valence-corrected chi connectivity index (χ0v) is 19.9. The minimum Gasteiger partial charge on any atom is -0.494 e. The van der Waals surface area contributed by atoms with Crippen molar-refractivity contribution in [1.82, 2.24) is 15.2 Å². The van der Waals surface area contributed by atoms with Gasteiger partial charge in [-0.1, -0.05) is 19.1 Å². The Bertz CT molecular complexity index is 1260. The van der Waals surface area contributed by atoms with E-state index in [1.165, 1.54) is 37.8 Å². The third-order valence-electron chi connectivity index (χ3n) is 6.84. The summed E-state index contributed by atoms with van der Waals surface area (Å²) in [5.74, 6) is 0.336. The van der Waals surface area contributed by atoms with E-state index in [0.29, 0.717) is 34.1 Å². The van der Waals surface area contributed by atoms with Gasteiger partial charge in [-0.2, -0.15) is 0 Å². The first-order chi connectivity index (χ1) is 17.1. The van der Waals surface area contributed by atoms with E-state index in [1.54, 1.807) is 18.2 Å². The van der Waals surface area contributed by atoms with Gasteiger partial charge in [0.15, 0.2) is 11.6 Å². The molecule has 1 fully saturated rings. The number of carbonyl (C=O) groups excluding carboxylic acids is 1. The molecular formula is C28H28FN4O2. The number of nitrogens with one attached hydrogen (secondary N) is 1. The number of nitrogens with zero attached hydrogens (tertiary/aromatic N) is 3. The maximum Gasteiger partial charge on any atom is 0.281 e. The third-order valence-corrected chi connectivity index (χ3v) is 6.84. The molecule has 2 aromatic carbocycles. The Balaban J connectivity index is 1.45. The molecule has 0 bridgehead atoms. The van der Waals surface area contributed by atoms with Crippen LogP contribution in [-0.4, -0.2) is 42.5 Å². The molecule has 1 amide bonds. The van der Waals surface area contributed by atoms with Gasteiger partial charge in [-0.05, 0) is 92.0 Å². The van der Waals surface area contributed by atoms with Crippen LogP contribution in [0, 0.1) is 5.82 Å². The van der Waals surface area contributed by atoms with E-state index in [2.05, 4.69) is 34.6 Å². The largest absolute Gasteiger partial charge is 0.494 e. The van der Waals surface area contributed by atoms with Crippen LogP contribution in [0.5, 0.6) is 5.75 Å². The van der Waals surface area contributed by atoms with E-state index in [-0.39, 0.29) is 11.7 Å². The van der Waals surface area contributed by atoms with Crippen LogP contribution in [0.25, 0.3) is 17.3 Å². The predicted molar refractivity (Wildman–Crippen MR) is 135 cm³/mol. The summed E-state index contributed by atoms with van der Waals surface area (Å²) < 4.78 is 19.1. The number of ether oxygens (including phenoxy) is 1. The number of hydrogen-bond donors (Lipinski definition) is 1. The monoisotopic (exact) mass is 471 g/mol. The van der Waals surface area contributed by atoms with Crippen LogP contribution in [0.3, 0.4) is 0 Å². The molecule has 0 spiro atoms. The third kappa shape index (κ3) is 4.77. The van der Waals surface area contributed by atoms with Gasteiger partial charge in [0.1, 0.15) is 5.82 Å². The summed E-state index contributed by atoms with van der Waals surface area (Å²) >= 11 is 0. The molecule has 2 aliphatic heterocycles. The summed E-state index contributed by atoms with van der Waals surface area (Å²) in [4.78, 5) is 19.8. The molecule has 3 heterocycles. The van der Waals surface area contributed by atoms with Crippen LogP contribution < -0.4 is 15.4 Å². The number of carbonyl (C=O) groups is 1. The topological polar surface area (TPSA) is 68.6 Å². The van der Waals surface area contributed by atoms with E-state index < -0.39 is 5.82 Å². The minimum atomic E-state index is -0.443. The van der Waals surface area contributed by atoms with Crippen molar-refractivity contribution in [1.29, 1.82) is 0 Å². The van der Waals surface area contributed by atoms with Crippen molar-refractivity contribution < 1.29 is 13.9 Å². The zero-order valence-electron chi connectivity index (χ0n) is 19.9. The highest BCUT2D eigenvalue weighted by atomic mass is 19.1. The molecule has 1 aromatic heterocycles. The van der Waals surface area contributed by atoms with Gasteiger partial charge < -0.3 is 15.0 Å². The smallest absolute Gasteiger partial charge is 0.281 e. The average Bonchev–Trinajstić information content (AvgIpc) is 2.89. The van der Waals surface area contributed by atoms with Crippen molar-refractivity contribution in [3.8, 4) is 17.0 Å². The summed E-state index contributed by atoms with van der Waals surface area (Å²) in [5, 5.41) is 7.25. The highest BCUT2D eigenvalue weighted by molar-refractivity contribution is 6.05. The number of benzene rings is 2. The van der Waals surface area contributed by atoms with Gasteiger partial charge in [-0.25, -0.2) is 14.7 Å². The number of fused-ring (bicyclic) bond motifs is 1. The predicted octanol–water partition coefficient (Wildman–Crippen LogP) is 5.57. The van der Waals surface area contributed by atoms with Crippen LogP contribution in [0.15, 0.2) is 54.7 Å². The van der Waals surface area contributed by atoms with Crippen LogP contribution >= 0.6 is 0 Å². The van der Waals surface area contributed by atoms with Crippen LogP contribution in [0.2, 0.25) is 0 Å². The van der Waals surface area contributed by atoms with Gasteiger partial charge in [0, 0.05) is 17.5 Å². The molecule has 0 saturated carbocycles. The van der Waals surface area contributed by atoms with E-state index in [4.69, 9.17) is 9.72 Å². The quantitative estimate of drug-likeness (QED) is 0.509. The molecule has 6 nitrogen and oxygen atoms in total. The highest BCUT2D eigenvalue weighted by Crippen LogP contribution is 2.33. The van der Waals surface area contributed by atoms with Crippen molar-refractivity contribution >= 4 is 23.5 Å². The maximum absolute atomic E-state index is 14.0. The molecule has 0 aliphatic carbocycles.